The number of nitrogens with one attached hydrogen (secondary N) is 1. The largest absolute Gasteiger partial charge is 0.478 e. The number of aromatic carboxylic acids is 1. The molecule has 0 bridgehead atoms. The summed E-state index contributed by atoms with van der Waals surface area (Å²) >= 11 is 1.26. The second-order valence-corrected chi connectivity index (χ2v) is 8.07. The number of carbonyl (C=O) groups excluding carboxylic acids is 1. The van der Waals surface area contributed by atoms with E-state index in [9.17, 15) is 9.59 Å². The number of carbonyl (C=O) groups is 2. The maximum atomic E-state index is 12.3. The van der Waals surface area contributed by atoms with E-state index in [0.29, 0.717) is 21.6 Å². The Bertz CT molecular complexity index is 1220. The van der Waals surface area contributed by atoms with Gasteiger partial charge in [-0.25, -0.2) is 9.79 Å². The molecule has 1 saturated heterocycles. The van der Waals surface area contributed by atoms with E-state index < -0.39 is 5.97 Å². The van der Waals surface area contributed by atoms with Gasteiger partial charge in [0.15, 0.2) is 5.17 Å². The molecule has 2 heterocycles. The van der Waals surface area contributed by atoms with Gasteiger partial charge in [-0.3, -0.25) is 4.79 Å². The fraction of sp³-hybridized carbons (Fsp3) is 0.125. The minimum atomic E-state index is -0.970. The van der Waals surface area contributed by atoms with Crippen molar-refractivity contribution >= 4 is 40.6 Å². The van der Waals surface area contributed by atoms with Crippen LogP contribution in [0, 0.1) is 6.92 Å². The number of rotatable bonds is 5. The topological polar surface area (TPSA) is 91.9 Å². The summed E-state index contributed by atoms with van der Waals surface area (Å²) in [7, 11) is 0. The van der Waals surface area contributed by atoms with E-state index in [2.05, 4.69) is 17.2 Å². The number of hydrogen-bond acceptors (Lipinski definition) is 5. The number of aliphatic imine (C=N–C) groups is 1. The Morgan fingerprint density at radius 3 is 2.61 bits per heavy atom. The summed E-state index contributed by atoms with van der Waals surface area (Å²) in [6, 6.07) is 16.3. The van der Waals surface area contributed by atoms with Crippen molar-refractivity contribution in [1.29, 1.82) is 0 Å². The SMILES string of the molecule is CCc1ccc(N=C2NC(=O)/C(=C/c3ccc(-c4ccc(C(=O)O)cc4C)o3)S2)cc1. The fourth-order valence-electron chi connectivity index (χ4n) is 3.18. The first-order valence-electron chi connectivity index (χ1n) is 9.75. The van der Waals surface area contributed by atoms with Crippen LogP contribution in [0.1, 0.15) is 34.2 Å². The Kier molecular flexibility index (Phi) is 5.77. The van der Waals surface area contributed by atoms with Crippen LogP contribution in [0.25, 0.3) is 17.4 Å². The van der Waals surface area contributed by atoms with E-state index in [4.69, 9.17) is 9.52 Å². The summed E-state index contributed by atoms with van der Waals surface area (Å²) in [4.78, 5) is 28.4. The van der Waals surface area contributed by atoms with Crippen molar-refractivity contribution in [3.8, 4) is 11.3 Å². The normalized spacial score (nSPS) is 16.1. The Hall–Kier alpha value is -3.58. The quantitative estimate of drug-likeness (QED) is 0.526. The predicted molar refractivity (Wildman–Crippen MR) is 122 cm³/mol. The lowest BCUT2D eigenvalue weighted by Gasteiger charge is -2.04. The van der Waals surface area contributed by atoms with Crippen LogP contribution in [-0.4, -0.2) is 22.2 Å². The summed E-state index contributed by atoms with van der Waals surface area (Å²) < 4.78 is 5.88. The molecular formula is C24H20N2O4S. The second kappa shape index (κ2) is 8.65. The number of amides is 1. The lowest BCUT2D eigenvalue weighted by molar-refractivity contribution is -0.115. The van der Waals surface area contributed by atoms with Gasteiger partial charge in [0.05, 0.1) is 16.2 Å². The van der Waals surface area contributed by atoms with Gasteiger partial charge in [0.2, 0.25) is 0 Å². The molecule has 1 aliphatic rings. The van der Waals surface area contributed by atoms with E-state index in [1.165, 1.54) is 17.3 Å². The molecule has 3 aromatic rings. The number of furan rings is 1. The Labute approximate surface area is 183 Å². The molecule has 2 aromatic carbocycles. The van der Waals surface area contributed by atoms with E-state index >= 15 is 0 Å². The highest BCUT2D eigenvalue weighted by Crippen LogP contribution is 2.31. The molecule has 0 saturated carbocycles. The molecule has 0 radical (unpaired) electrons. The maximum absolute atomic E-state index is 12.3. The average molecular weight is 433 g/mol. The lowest BCUT2D eigenvalue weighted by atomic mass is 10.0. The first kappa shape index (κ1) is 20.7. The first-order chi connectivity index (χ1) is 14.9. The van der Waals surface area contributed by atoms with Gasteiger partial charge in [-0.2, -0.15) is 0 Å². The van der Waals surface area contributed by atoms with E-state index in [1.807, 2.05) is 31.2 Å². The zero-order valence-corrected chi connectivity index (χ0v) is 17.8. The molecule has 0 spiro atoms. The third-order valence-electron chi connectivity index (χ3n) is 4.87. The molecule has 1 aliphatic heterocycles. The van der Waals surface area contributed by atoms with Gasteiger partial charge in [0, 0.05) is 11.6 Å². The molecule has 1 aromatic heterocycles. The smallest absolute Gasteiger partial charge is 0.335 e. The van der Waals surface area contributed by atoms with Gasteiger partial charge >= 0.3 is 5.97 Å². The average Bonchev–Trinajstić information content (AvgIpc) is 3.35. The predicted octanol–water partition coefficient (Wildman–Crippen LogP) is 5.41. The van der Waals surface area contributed by atoms with Crippen LogP contribution in [-0.2, 0) is 11.2 Å². The van der Waals surface area contributed by atoms with E-state index in [0.717, 1.165) is 23.2 Å². The molecule has 7 heteroatoms. The number of nitrogens with zero attached hydrogens (tertiary/aromatic N) is 1. The summed E-state index contributed by atoms with van der Waals surface area (Å²) in [5.74, 6) is -0.0612. The summed E-state index contributed by atoms with van der Waals surface area (Å²) in [5.41, 5.74) is 3.84. The molecular weight excluding hydrogens is 412 g/mol. The number of amidine groups is 1. The minimum Gasteiger partial charge on any atom is -0.478 e. The van der Waals surface area contributed by atoms with E-state index in [1.54, 1.807) is 36.4 Å². The Morgan fingerprint density at radius 1 is 1.16 bits per heavy atom. The van der Waals surface area contributed by atoms with Gasteiger partial charge < -0.3 is 14.8 Å². The van der Waals surface area contributed by atoms with Crippen LogP contribution in [0.4, 0.5) is 5.69 Å². The number of hydrogen-bond donors (Lipinski definition) is 2. The van der Waals surface area contributed by atoms with Crippen LogP contribution < -0.4 is 5.32 Å². The number of benzene rings is 2. The maximum Gasteiger partial charge on any atom is 0.335 e. The van der Waals surface area contributed by atoms with Gasteiger partial charge in [0.25, 0.3) is 5.91 Å². The van der Waals surface area contributed by atoms with Crippen LogP contribution in [0.5, 0.6) is 0 Å². The monoisotopic (exact) mass is 432 g/mol. The van der Waals surface area contributed by atoms with Crippen LogP contribution in [0.2, 0.25) is 0 Å². The molecule has 156 valence electrons. The van der Waals surface area contributed by atoms with E-state index in [-0.39, 0.29) is 11.5 Å². The van der Waals surface area contributed by atoms with Crippen molar-refractivity contribution in [2.24, 2.45) is 4.99 Å². The minimum absolute atomic E-state index is 0.227. The molecule has 0 atom stereocenters. The van der Waals surface area contributed by atoms with Crippen molar-refractivity contribution in [3.05, 3.63) is 82.0 Å². The van der Waals surface area contributed by atoms with Gasteiger partial charge in [-0.05, 0) is 72.6 Å². The lowest BCUT2D eigenvalue weighted by Crippen LogP contribution is -2.19. The molecule has 0 unspecified atom stereocenters. The molecule has 2 N–H and O–H groups in total. The number of carboxylic acids is 1. The zero-order valence-electron chi connectivity index (χ0n) is 17.0. The van der Waals surface area contributed by atoms with Gasteiger partial charge in [0.1, 0.15) is 11.5 Å². The molecule has 31 heavy (non-hydrogen) atoms. The highest BCUT2D eigenvalue weighted by molar-refractivity contribution is 8.18. The first-order valence-corrected chi connectivity index (χ1v) is 10.6. The molecule has 6 nitrogen and oxygen atoms in total. The Balaban J connectivity index is 1.53. The van der Waals surface area contributed by atoms with Crippen molar-refractivity contribution in [3.63, 3.8) is 0 Å². The van der Waals surface area contributed by atoms with Crippen LogP contribution in [0.3, 0.4) is 0 Å². The highest BCUT2D eigenvalue weighted by Gasteiger charge is 2.24. The number of carboxylic acid groups (broad SMARTS) is 1. The molecule has 0 aliphatic carbocycles. The highest BCUT2D eigenvalue weighted by atomic mass is 32.2. The summed E-state index contributed by atoms with van der Waals surface area (Å²) in [6.07, 6.45) is 2.64. The van der Waals surface area contributed by atoms with Crippen LogP contribution in [0.15, 0.2) is 68.9 Å². The van der Waals surface area contributed by atoms with Crippen molar-refractivity contribution in [2.45, 2.75) is 20.3 Å². The van der Waals surface area contributed by atoms with Gasteiger partial charge in [-0.15, -0.1) is 0 Å². The molecule has 1 fully saturated rings. The number of aryl methyl sites for hydroxylation is 2. The second-order valence-electron chi connectivity index (χ2n) is 7.04. The van der Waals surface area contributed by atoms with Crippen molar-refractivity contribution in [1.82, 2.24) is 5.32 Å². The van der Waals surface area contributed by atoms with Crippen LogP contribution >= 0.6 is 11.8 Å². The summed E-state index contributed by atoms with van der Waals surface area (Å²) in [6.45, 7) is 3.93. The van der Waals surface area contributed by atoms with Crippen molar-refractivity contribution < 1.29 is 19.1 Å². The fourth-order valence-corrected chi connectivity index (χ4v) is 4.00. The zero-order chi connectivity index (χ0) is 22.0. The standard InChI is InChI=1S/C24H20N2O4S/c1-3-15-4-7-17(8-5-15)25-24-26-22(27)21(31-24)13-18-9-11-20(30-18)19-10-6-16(23(28)29)12-14(19)2/h4-13H,3H2,1-2H3,(H,28,29)(H,25,26,27)/b21-13-. The number of thioether (sulfide) groups is 1. The molecule has 4 rings (SSSR count). The van der Waals surface area contributed by atoms with Crippen molar-refractivity contribution in [2.75, 3.05) is 0 Å². The molecule has 1 amide bonds. The summed E-state index contributed by atoms with van der Waals surface area (Å²) in [5, 5.41) is 12.4. The third-order valence-corrected chi connectivity index (χ3v) is 5.77. The Morgan fingerprint density at radius 2 is 1.94 bits per heavy atom. The van der Waals surface area contributed by atoms with Gasteiger partial charge in [-0.1, -0.05) is 25.1 Å². The third kappa shape index (κ3) is 4.62.